The number of hydrogen-bond acceptors (Lipinski definition) is 4. The summed E-state index contributed by atoms with van der Waals surface area (Å²) in [6.07, 6.45) is 1.80. The van der Waals surface area contributed by atoms with Gasteiger partial charge in [-0.3, -0.25) is 4.57 Å². The molecule has 0 bridgehead atoms. The number of aromatic nitrogens is 3. The van der Waals surface area contributed by atoms with Crippen molar-refractivity contribution in [3.8, 4) is 10.7 Å². The fourth-order valence-electron chi connectivity index (χ4n) is 2.73. The number of aryl methyl sites for hydroxylation is 1. The number of nitrogens with zero attached hydrogens (tertiary/aromatic N) is 3. The molecule has 3 rings (SSSR count). The van der Waals surface area contributed by atoms with Crippen molar-refractivity contribution >= 4 is 17.4 Å². The lowest BCUT2D eigenvalue weighted by Crippen LogP contribution is -2.39. The summed E-state index contributed by atoms with van der Waals surface area (Å²) >= 11 is 1.54. The number of carbonyl (C=O) groups is 1. The first-order chi connectivity index (χ1) is 13.1. The minimum absolute atomic E-state index is 0.191. The van der Waals surface area contributed by atoms with Gasteiger partial charge in [0.05, 0.1) is 11.4 Å². The highest BCUT2D eigenvalue weighted by molar-refractivity contribution is 7.13. The van der Waals surface area contributed by atoms with Crippen LogP contribution in [0, 0.1) is 0 Å². The van der Waals surface area contributed by atoms with E-state index in [1.165, 1.54) is 26.1 Å². The standard InChI is InChI=1S/C19H23N5O2S/c1-23-17(16-10-6-14-27-16)22-24(19(23)26)13-12-21-18(25)20-11-5-9-15-7-3-2-4-8-15/h2-4,6-8,10,14H,5,9,11-13H2,1H3,(H2,20,21,25). The number of urea groups is 1. The molecule has 0 aliphatic rings. The van der Waals surface area contributed by atoms with Crippen LogP contribution in [-0.2, 0) is 20.0 Å². The number of amides is 2. The zero-order chi connectivity index (χ0) is 19.1. The van der Waals surface area contributed by atoms with Crippen LogP contribution in [-0.4, -0.2) is 33.5 Å². The van der Waals surface area contributed by atoms with Crippen molar-refractivity contribution in [2.75, 3.05) is 13.1 Å². The third-order valence-electron chi connectivity index (χ3n) is 4.16. The molecule has 27 heavy (non-hydrogen) atoms. The van der Waals surface area contributed by atoms with Crippen LogP contribution in [0.25, 0.3) is 10.7 Å². The van der Waals surface area contributed by atoms with Gasteiger partial charge in [-0.2, -0.15) is 0 Å². The van der Waals surface area contributed by atoms with Crippen molar-refractivity contribution in [3.63, 3.8) is 0 Å². The molecule has 8 heteroatoms. The lowest BCUT2D eigenvalue weighted by molar-refractivity contribution is 0.240. The van der Waals surface area contributed by atoms with Gasteiger partial charge in [0.1, 0.15) is 0 Å². The van der Waals surface area contributed by atoms with E-state index in [2.05, 4.69) is 27.9 Å². The van der Waals surface area contributed by atoms with Gasteiger partial charge in [-0.05, 0) is 29.9 Å². The Morgan fingerprint density at radius 3 is 2.63 bits per heavy atom. The summed E-state index contributed by atoms with van der Waals surface area (Å²) in [7, 11) is 1.70. The molecular formula is C19H23N5O2S. The first-order valence-corrected chi connectivity index (χ1v) is 9.76. The second-order valence-corrected chi connectivity index (χ2v) is 7.09. The third kappa shape index (κ3) is 5.07. The van der Waals surface area contributed by atoms with Crippen LogP contribution < -0.4 is 16.3 Å². The fourth-order valence-corrected chi connectivity index (χ4v) is 3.47. The van der Waals surface area contributed by atoms with E-state index in [-0.39, 0.29) is 11.7 Å². The first kappa shape index (κ1) is 18.9. The molecular weight excluding hydrogens is 362 g/mol. The third-order valence-corrected chi connectivity index (χ3v) is 5.03. The molecule has 0 spiro atoms. The SMILES string of the molecule is Cn1c(-c2cccs2)nn(CCNC(=O)NCCCc2ccccc2)c1=O. The van der Waals surface area contributed by atoms with E-state index in [0.717, 1.165) is 17.7 Å². The number of benzene rings is 1. The van der Waals surface area contributed by atoms with E-state index >= 15 is 0 Å². The highest BCUT2D eigenvalue weighted by Crippen LogP contribution is 2.20. The number of nitrogens with one attached hydrogen (secondary N) is 2. The van der Waals surface area contributed by atoms with Gasteiger partial charge >= 0.3 is 11.7 Å². The van der Waals surface area contributed by atoms with E-state index in [1.54, 1.807) is 7.05 Å². The Hall–Kier alpha value is -2.87. The van der Waals surface area contributed by atoms with Crippen LogP contribution in [0.15, 0.2) is 52.6 Å². The molecule has 0 aliphatic carbocycles. The highest BCUT2D eigenvalue weighted by Gasteiger charge is 2.12. The summed E-state index contributed by atoms with van der Waals surface area (Å²) in [5.74, 6) is 0.639. The Bertz CT molecular complexity index is 915. The molecule has 2 N–H and O–H groups in total. The van der Waals surface area contributed by atoms with E-state index < -0.39 is 0 Å². The minimum Gasteiger partial charge on any atom is -0.338 e. The Balaban J connectivity index is 1.40. The Morgan fingerprint density at radius 1 is 1.11 bits per heavy atom. The maximum Gasteiger partial charge on any atom is 0.346 e. The molecule has 0 saturated carbocycles. The monoisotopic (exact) mass is 385 g/mol. The van der Waals surface area contributed by atoms with Crippen molar-refractivity contribution in [1.29, 1.82) is 0 Å². The average molecular weight is 385 g/mol. The molecule has 0 atom stereocenters. The number of hydrogen-bond donors (Lipinski definition) is 2. The van der Waals surface area contributed by atoms with Crippen molar-refractivity contribution in [3.05, 3.63) is 63.9 Å². The Morgan fingerprint density at radius 2 is 1.89 bits per heavy atom. The van der Waals surface area contributed by atoms with Gasteiger partial charge in [-0.25, -0.2) is 14.3 Å². The molecule has 0 radical (unpaired) electrons. The summed E-state index contributed by atoms with van der Waals surface area (Å²) in [5.41, 5.74) is 1.07. The molecule has 2 amide bonds. The molecule has 142 valence electrons. The van der Waals surface area contributed by atoms with Gasteiger partial charge < -0.3 is 10.6 Å². The molecule has 1 aromatic carbocycles. The first-order valence-electron chi connectivity index (χ1n) is 8.88. The van der Waals surface area contributed by atoms with Crippen LogP contribution in [0.5, 0.6) is 0 Å². The van der Waals surface area contributed by atoms with Crippen LogP contribution in [0.3, 0.4) is 0 Å². The lowest BCUT2D eigenvalue weighted by atomic mass is 10.1. The van der Waals surface area contributed by atoms with Crippen molar-refractivity contribution in [2.45, 2.75) is 19.4 Å². The predicted molar refractivity (Wildman–Crippen MR) is 107 cm³/mol. The molecule has 0 aliphatic heterocycles. The number of thiophene rings is 1. The molecule has 2 heterocycles. The van der Waals surface area contributed by atoms with Crippen molar-refractivity contribution in [2.24, 2.45) is 7.05 Å². The Kier molecular flexibility index (Phi) is 6.43. The Labute approximate surface area is 161 Å². The zero-order valence-corrected chi connectivity index (χ0v) is 16.0. The number of carbonyl (C=O) groups excluding carboxylic acids is 1. The molecule has 2 aromatic heterocycles. The second-order valence-electron chi connectivity index (χ2n) is 6.14. The normalized spacial score (nSPS) is 10.7. The van der Waals surface area contributed by atoms with E-state index in [9.17, 15) is 9.59 Å². The smallest absolute Gasteiger partial charge is 0.338 e. The van der Waals surface area contributed by atoms with Crippen LogP contribution >= 0.6 is 11.3 Å². The largest absolute Gasteiger partial charge is 0.346 e. The maximum absolute atomic E-state index is 12.2. The maximum atomic E-state index is 12.2. The average Bonchev–Trinajstić information content (AvgIpc) is 3.30. The highest BCUT2D eigenvalue weighted by atomic mass is 32.1. The quantitative estimate of drug-likeness (QED) is 0.584. The zero-order valence-electron chi connectivity index (χ0n) is 15.2. The second kappa shape index (κ2) is 9.18. The summed E-state index contributed by atoms with van der Waals surface area (Å²) in [6, 6.07) is 13.8. The van der Waals surface area contributed by atoms with Gasteiger partial charge in [-0.1, -0.05) is 36.4 Å². The molecule has 7 nitrogen and oxygen atoms in total. The van der Waals surface area contributed by atoms with E-state index in [1.807, 2.05) is 35.7 Å². The summed E-state index contributed by atoms with van der Waals surface area (Å²) in [6.45, 7) is 1.27. The lowest BCUT2D eigenvalue weighted by Gasteiger charge is -2.07. The summed E-state index contributed by atoms with van der Waals surface area (Å²) < 4.78 is 2.90. The van der Waals surface area contributed by atoms with Gasteiger partial charge in [0.2, 0.25) is 0 Å². The van der Waals surface area contributed by atoms with Crippen molar-refractivity contribution in [1.82, 2.24) is 25.0 Å². The van der Waals surface area contributed by atoms with Crippen molar-refractivity contribution < 1.29 is 4.79 Å². The van der Waals surface area contributed by atoms with E-state index in [0.29, 0.717) is 25.5 Å². The van der Waals surface area contributed by atoms with Crippen LogP contribution in [0.4, 0.5) is 4.79 Å². The van der Waals surface area contributed by atoms with Crippen LogP contribution in [0.1, 0.15) is 12.0 Å². The molecule has 3 aromatic rings. The molecule has 0 fully saturated rings. The van der Waals surface area contributed by atoms with Gasteiger partial charge in [-0.15, -0.1) is 16.4 Å². The molecule has 0 saturated heterocycles. The topological polar surface area (TPSA) is 81.0 Å². The number of rotatable bonds is 8. The van der Waals surface area contributed by atoms with Gasteiger partial charge in [0.25, 0.3) is 0 Å². The summed E-state index contributed by atoms with van der Waals surface area (Å²) in [5, 5.41) is 11.9. The minimum atomic E-state index is -0.231. The van der Waals surface area contributed by atoms with Gasteiger partial charge in [0.15, 0.2) is 5.82 Å². The summed E-state index contributed by atoms with van der Waals surface area (Å²) in [4.78, 5) is 25.0. The predicted octanol–water partition coefficient (Wildman–Crippen LogP) is 2.24. The van der Waals surface area contributed by atoms with Crippen LogP contribution in [0.2, 0.25) is 0 Å². The van der Waals surface area contributed by atoms with Gasteiger partial charge in [0, 0.05) is 20.1 Å². The van der Waals surface area contributed by atoms with E-state index in [4.69, 9.17) is 0 Å². The molecule has 0 unspecified atom stereocenters. The fraction of sp³-hybridized carbons (Fsp3) is 0.316.